The molecule has 1 aromatic carbocycles. The van der Waals surface area contributed by atoms with Gasteiger partial charge in [0.2, 0.25) is 0 Å². The number of nitrogens with one attached hydrogen (secondary N) is 3. The van der Waals surface area contributed by atoms with E-state index in [0.717, 1.165) is 16.6 Å². The fraction of sp³-hybridized carbons (Fsp3) is 0.105. The minimum absolute atomic E-state index is 0.283. The van der Waals surface area contributed by atoms with Crippen molar-refractivity contribution in [1.82, 2.24) is 20.2 Å². The number of benzene rings is 1. The summed E-state index contributed by atoms with van der Waals surface area (Å²) in [5.74, 6) is -0.591. The Labute approximate surface area is 148 Å². The van der Waals surface area contributed by atoms with Crippen LogP contribution in [-0.2, 0) is 0 Å². The number of pyridine rings is 1. The monoisotopic (exact) mass is 349 g/mol. The number of amides is 1. The predicted octanol–water partition coefficient (Wildman–Crippen LogP) is 3.96. The Hall–Kier alpha value is -3.48. The van der Waals surface area contributed by atoms with Crippen LogP contribution >= 0.6 is 0 Å². The number of halogens is 1. The van der Waals surface area contributed by atoms with E-state index in [0.29, 0.717) is 28.3 Å². The first-order valence-electron chi connectivity index (χ1n) is 8.09. The van der Waals surface area contributed by atoms with Crippen molar-refractivity contribution in [3.63, 3.8) is 0 Å². The van der Waals surface area contributed by atoms with Gasteiger partial charge in [0.1, 0.15) is 17.2 Å². The third-order valence-electron chi connectivity index (χ3n) is 4.37. The zero-order valence-corrected chi connectivity index (χ0v) is 14.2. The van der Waals surface area contributed by atoms with Crippen molar-refractivity contribution in [3.05, 3.63) is 65.4 Å². The molecule has 4 rings (SSSR count). The summed E-state index contributed by atoms with van der Waals surface area (Å²) in [7, 11) is 0. The van der Waals surface area contributed by atoms with Crippen LogP contribution in [-0.4, -0.2) is 26.1 Å². The van der Waals surface area contributed by atoms with Gasteiger partial charge in [-0.05, 0) is 38.1 Å². The van der Waals surface area contributed by atoms with Gasteiger partial charge >= 0.3 is 0 Å². The van der Waals surface area contributed by atoms with E-state index in [1.165, 1.54) is 6.07 Å². The van der Waals surface area contributed by atoms with Gasteiger partial charge in [-0.2, -0.15) is 5.10 Å². The van der Waals surface area contributed by atoms with Gasteiger partial charge < -0.3 is 10.3 Å². The first kappa shape index (κ1) is 16.0. The van der Waals surface area contributed by atoms with Crippen LogP contribution in [0.15, 0.2) is 42.6 Å². The summed E-state index contributed by atoms with van der Waals surface area (Å²) in [5, 5.41) is 10.3. The lowest BCUT2D eigenvalue weighted by atomic mass is 10.1. The van der Waals surface area contributed by atoms with E-state index in [4.69, 9.17) is 0 Å². The van der Waals surface area contributed by atoms with Crippen molar-refractivity contribution in [2.45, 2.75) is 13.8 Å². The van der Waals surface area contributed by atoms with Crippen LogP contribution in [0.1, 0.15) is 21.7 Å². The fourth-order valence-electron chi connectivity index (χ4n) is 2.81. The number of anilines is 1. The summed E-state index contributed by atoms with van der Waals surface area (Å²) in [6.45, 7) is 3.67. The molecule has 7 heteroatoms. The van der Waals surface area contributed by atoms with Crippen molar-refractivity contribution < 1.29 is 9.18 Å². The van der Waals surface area contributed by atoms with Gasteiger partial charge in [0, 0.05) is 16.5 Å². The average molecular weight is 349 g/mol. The molecule has 26 heavy (non-hydrogen) atoms. The van der Waals surface area contributed by atoms with Crippen molar-refractivity contribution in [2.75, 3.05) is 5.32 Å². The largest absolute Gasteiger partial charge is 0.339 e. The molecule has 130 valence electrons. The van der Waals surface area contributed by atoms with E-state index in [9.17, 15) is 9.18 Å². The molecule has 0 unspecified atom stereocenters. The molecule has 6 nitrogen and oxygen atoms in total. The molecule has 3 N–H and O–H groups in total. The van der Waals surface area contributed by atoms with Crippen LogP contribution in [0.2, 0.25) is 0 Å². The van der Waals surface area contributed by atoms with Crippen LogP contribution in [0.4, 0.5) is 10.1 Å². The van der Waals surface area contributed by atoms with E-state index in [1.807, 2.05) is 19.9 Å². The molecule has 0 aliphatic carbocycles. The number of fused-ring (bicyclic) bond motifs is 1. The summed E-state index contributed by atoms with van der Waals surface area (Å²) in [6, 6.07) is 10.1. The Balaban J connectivity index is 1.65. The second-order valence-corrected chi connectivity index (χ2v) is 6.09. The molecular formula is C19H16FN5O. The highest BCUT2D eigenvalue weighted by atomic mass is 19.1. The number of aromatic nitrogens is 4. The SMILES string of the molecule is Cc1n[nH]c(C(=O)Nc2cnc3[nH]c(-c4ccccc4F)cc3c2)c1C. The van der Waals surface area contributed by atoms with E-state index < -0.39 is 0 Å². The predicted molar refractivity (Wildman–Crippen MR) is 97.5 cm³/mol. The molecule has 0 fully saturated rings. The summed E-state index contributed by atoms with van der Waals surface area (Å²) in [5.41, 5.74) is 4.28. The number of rotatable bonds is 3. The Morgan fingerprint density at radius 3 is 2.73 bits per heavy atom. The summed E-state index contributed by atoms with van der Waals surface area (Å²) < 4.78 is 14.0. The highest BCUT2D eigenvalue weighted by molar-refractivity contribution is 6.04. The molecule has 0 aliphatic heterocycles. The van der Waals surface area contributed by atoms with Crippen molar-refractivity contribution in [3.8, 4) is 11.3 Å². The number of H-pyrrole nitrogens is 2. The lowest BCUT2D eigenvalue weighted by Gasteiger charge is -2.04. The Kier molecular flexibility index (Phi) is 3.76. The van der Waals surface area contributed by atoms with Crippen LogP contribution in [0.5, 0.6) is 0 Å². The number of carbonyl (C=O) groups is 1. The minimum atomic E-state index is -0.308. The first-order chi connectivity index (χ1) is 12.5. The fourth-order valence-corrected chi connectivity index (χ4v) is 2.81. The van der Waals surface area contributed by atoms with Crippen molar-refractivity contribution >= 4 is 22.6 Å². The number of hydrogen-bond acceptors (Lipinski definition) is 3. The molecule has 0 radical (unpaired) electrons. The molecule has 0 bridgehead atoms. The van der Waals surface area contributed by atoms with Crippen LogP contribution in [0.25, 0.3) is 22.3 Å². The van der Waals surface area contributed by atoms with E-state index in [2.05, 4.69) is 25.5 Å². The zero-order chi connectivity index (χ0) is 18.3. The number of nitrogens with zero attached hydrogens (tertiary/aromatic N) is 2. The molecule has 0 atom stereocenters. The van der Waals surface area contributed by atoms with Gasteiger partial charge in [-0.25, -0.2) is 9.37 Å². The van der Waals surface area contributed by atoms with Gasteiger partial charge in [-0.1, -0.05) is 12.1 Å². The zero-order valence-electron chi connectivity index (χ0n) is 14.2. The smallest absolute Gasteiger partial charge is 0.273 e. The second-order valence-electron chi connectivity index (χ2n) is 6.09. The van der Waals surface area contributed by atoms with E-state index in [-0.39, 0.29) is 11.7 Å². The van der Waals surface area contributed by atoms with Crippen LogP contribution < -0.4 is 5.32 Å². The van der Waals surface area contributed by atoms with Gasteiger partial charge in [-0.3, -0.25) is 9.89 Å². The number of aromatic amines is 2. The lowest BCUT2D eigenvalue weighted by molar-refractivity contribution is 0.102. The Morgan fingerprint density at radius 2 is 2.00 bits per heavy atom. The Bertz CT molecular complexity index is 1130. The van der Waals surface area contributed by atoms with E-state index in [1.54, 1.807) is 30.5 Å². The minimum Gasteiger partial charge on any atom is -0.339 e. The van der Waals surface area contributed by atoms with Crippen molar-refractivity contribution in [2.24, 2.45) is 0 Å². The maximum Gasteiger partial charge on any atom is 0.273 e. The highest BCUT2D eigenvalue weighted by Crippen LogP contribution is 2.26. The van der Waals surface area contributed by atoms with Gasteiger partial charge in [0.15, 0.2) is 0 Å². The third-order valence-corrected chi connectivity index (χ3v) is 4.37. The standard InChI is InChI=1S/C19H16FN5O/c1-10-11(2)24-25-17(10)19(26)22-13-7-12-8-16(23-18(12)21-9-13)14-5-3-4-6-15(14)20/h3-9H,1-2H3,(H,21,23)(H,22,26)(H,24,25). The molecule has 1 amide bonds. The number of aryl methyl sites for hydroxylation is 1. The molecule has 3 heterocycles. The Morgan fingerprint density at radius 1 is 1.19 bits per heavy atom. The summed E-state index contributed by atoms with van der Waals surface area (Å²) >= 11 is 0. The average Bonchev–Trinajstić information content (AvgIpc) is 3.19. The molecule has 0 aliphatic rings. The molecule has 3 aromatic heterocycles. The maximum absolute atomic E-state index is 14.0. The molecular weight excluding hydrogens is 333 g/mol. The lowest BCUT2D eigenvalue weighted by Crippen LogP contribution is -2.13. The maximum atomic E-state index is 14.0. The van der Waals surface area contributed by atoms with Crippen molar-refractivity contribution in [1.29, 1.82) is 0 Å². The quantitative estimate of drug-likeness (QED) is 0.523. The van der Waals surface area contributed by atoms with Gasteiger partial charge in [0.25, 0.3) is 5.91 Å². The van der Waals surface area contributed by atoms with Crippen LogP contribution in [0.3, 0.4) is 0 Å². The molecule has 0 spiro atoms. The normalized spacial score (nSPS) is 11.0. The molecule has 0 saturated carbocycles. The van der Waals surface area contributed by atoms with Crippen LogP contribution in [0, 0.1) is 19.7 Å². The summed E-state index contributed by atoms with van der Waals surface area (Å²) in [6.07, 6.45) is 1.56. The highest BCUT2D eigenvalue weighted by Gasteiger charge is 2.15. The second kappa shape index (κ2) is 6.11. The first-order valence-corrected chi connectivity index (χ1v) is 8.09. The van der Waals surface area contributed by atoms with Gasteiger partial charge in [0.05, 0.1) is 23.3 Å². The molecule has 0 saturated heterocycles. The number of carbonyl (C=O) groups excluding carboxylic acids is 1. The summed E-state index contributed by atoms with van der Waals surface area (Å²) in [4.78, 5) is 19.8. The third kappa shape index (κ3) is 2.73. The molecule has 4 aromatic rings. The van der Waals surface area contributed by atoms with Gasteiger partial charge in [-0.15, -0.1) is 0 Å². The number of hydrogen-bond donors (Lipinski definition) is 3. The van der Waals surface area contributed by atoms with E-state index >= 15 is 0 Å². The topological polar surface area (TPSA) is 86.5 Å².